The number of rotatable bonds is 2. The number of nitrogens with one attached hydrogen (secondary N) is 1. The molecular weight excluding hydrogens is 153 g/mol. The van der Waals surface area contributed by atoms with E-state index in [-0.39, 0.29) is 0 Å². The molecule has 1 saturated carbocycles. The van der Waals surface area contributed by atoms with Crippen LogP contribution in [0.25, 0.3) is 0 Å². The van der Waals surface area contributed by atoms with Gasteiger partial charge in [0.2, 0.25) is 0 Å². The van der Waals surface area contributed by atoms with Crippen molar-refractivity contribution < 1.29 is 4.39 Å². The second kappa shape index (κ2) is 3.33. The summed E-state index contributed by atoms with van der Waals surface area (Å²) in [5, 5.41) is 3.02. The van der Waals surface area contributed by atoms with Crippen LogP contribution in [0.15, 0.2) is 0 Å². The number of alkyl halides is 1. The van der Waals surface area contributed by atoms with E-state index in [1.54, 1.807) is 0 Å². The van der Waals surface area contributed by atoms with Gasteiger partial charge in [0.15, 0.2) is 0 Å². The van der Waals surface area contributed by atoms with Gasteiger partial charge in [0.25, 0.3) is 0 Å². The monoisotopic (exact) mass is 171 g/mol. The fraction of sp³-hybridized carbons (Fsp3) is 1.00. The summed E-state index contributed by atoms with van der Waals surface area (Å²) in [4.78, 5) is 0. The highest BCUT2D eigenvalue weighted by Crippen LogP contribution is 2.34. The van der Waals surface area contributed by atoms with Crippen molar-refractivity contribution in [3.63, 3.8) is 0 Å². The Morgan fingerprint density at radius 2 is 1.83 bits per heavy atom. The third-order valence-corrected chi connectivity index (χ3v) is 3.26. The van der Waals surface area contributed by atoms with E-state index in [0.717, 1.165) is 6.42 Å². The zero-order chi connectivity index (χ0) is 8.44. The molecule has 2 rings (SSSR count). The van der Waals surface area contributed by atoms with Gasteiger partial charge in [0.1, 0.15) is 5.67 Å². The second-order valence-electron chi connectivity index (χ2n) is 4.46. The first-order valence-electron chi connectivity index (χ1n) is 5.18. The van der Waals surface area contributed by atoms with E-state index in [1.165, 1.54) is 32.1 Å². The van der Waals surface area contributed by atoms with E-state index in [9.17, 15) is 4.39 Å². The van der Waals surface area contributed by atoms with Crippen LogP contribution in [0.2, 0.25) is 0 Å². The molecule has 2 fully saturated rings. The Morgan fingerprint density at radius 3 is 2.33 bits per heavy atom. The Bertz CT molecular complexity index is 148. The normalized spacial score (nSPS) is 29.8. The summed E-state index contributed by atoms with van der Waals surface area (Å²) in [5.41, 5.74) is -0.831. The third-order valence-electron chi connectivity index (χ3n) is 3.26. The van der Waals surface area contributed by atoms with Crippen LogP contribution in [0.5, 0.6) is 0 Å². The van der Waals surface area contributed by atoms with Crippen molar-refractivity contribution in [3.8, 4) is 0 Å². The highest BCUT2D eigenvalue weighted by atomic mass is 19.1. The number of hydrogen-bond acceptors (Lipinski definition) is 1. The maximum absolute atomic E-state index is 13.6. The van der Waals surface area contributed by atoms with Crippen molar-refractivity contribution in [2.45, 2.75) is 44.2 Å². The third kappa shape index (κ3) is 1.79. The van der Waals surface area contributed by atoms with E-state index in [0.29, 0.717) is 19.0 Å². The molecule has 2 heteroatoms. The van der Waals surface area contributed by atoms with Gasteiger partial charge in [-0.1, -0.05) is 32.1 Å². The van der Waals surface area contributed by atoms with Crippen LogP contribution < -0.4 is 5.32 Å². The average Bonchev–Trinajstić information content (AvgIpc) is 2.04. The minimum absolute atomic E-state index is 0.601. The highest BCUT2D eigenvalue weighted by molar-refractivity contribution is 4.94. The molecular formula is C10H18FN. The van der Waals surface area contributed by atoms with Gasteiger partial charge in [-0.15, -0.1) is 0 Å². The molecule has 12 heavy (non-hydrogen) atoms. The molecule has 0 spiro atoms. The molecule has 1 aliphatic heterocycles. The van der Waals surface area contributed by atoms with Gasteiger partial charge >= 0.3 is 0 Å². The summed E-state index contributed by atoms with van der Waals surface area (Å²) in [7, 11) is 0. The fourth-order valence-electron chi connectivity index (χ4n) is 2.45. The summed E-state index contributed by atoms with van der Waals surface area (Å²) < 4.78 is 13.6. The molecule has 1 N–H and O–H groups in total. The van der Waals surface area contributed by atoms with Crippen LogP contribution in [0.1, 0.15) is 38.5 Å². The molecule has 0 unspecified atom stereocenters. The van der Waals surface area contributed by atoms with Crippen LogP contribution >= 0.6 is 0 Å². The van der Waals surface area contributed by atoms with Crippen LogP contribution in [0, 0.1) is 5.92 Å². The Kier molecular flexibility index (Phi) is 2.35. The molecule has 0 atom stereocenters. The fourth-order valence-corrected chi connectivity index (χ4v) is 2.45. The Hall–Kier alpha value is -0.110. The average molecular weight is 171 g/mol. The van der Waals surface area contributed by atoms with Gasteiger partial charge in [0, 0.05) is 13.1 Å². The van der Waals surface area contributed by atoms with Crippen LogP contribution in [0.4, 0.5) is 4.39 Å². The molecule has 1 aliphatic carbocycles. The lowest BCUT2D eigenvalue weighted by Gasteiger charge is -2.38. The van der Waals surface area contributed by atoms with Gasteiger partial charge in [-0.05, 0) is 12.3 Å². The molecule has 1 nitrogen and oxygen atoms in total. The van der Waals surface area contributed by atoms with Gasteiger partial charge in [0.05, 0.1) is 0 Å². The number of hydrogen-bond donors (Lipinski definition) is 1. The zero-order valence-corrected chi connectivity index (χ0v) is 7.61. The standard InChI is InChI=1S/C10H18FN/c11-10(7-12-8-10)6-9-4-2-1-3-5-9/h9,12H,1-8H2. The molecule has 1 saturated heterocycles. The van der Waals surface area contributed by atoms with Gasteiger partial charge in [-0.25, -0.2) is 4.39 Å². The second-order valence-corrected chi connectivity index (χ2v) is 4.46. The van der Waals surface area contributed by atoms with Crippen molar-refractivity contribution in [2.24, 2.45) is 5.92 Å². The Labute approximate surface area is 73.7 Å². The molecule has 70 valence electrons. The molecule has 1 heterocycles. The Balaban J connectivity index is 1.77. The summed E-state index contributed by atoms with van der Waals surface area (Å²) in [6, 6.07) is 0. The van der Waals surface area contributed by atoms with E-state index < -0.39 is 5.67 Å². The molecule has 0 amide bonds. The maximum Gasteiger partial charge on any atom is 0.136 e. The van der Waals surface area contributed by atoms with Crippen molar-refractivity contribution >= 4 is 0 Å². The van der Waals surface area contributed by atoms with Crippen LogP contribution in [0.3, 0.4) is 0 Å². The summed E-state index contributed by atoms with van der Waals surface area (Å²) in [6.07, 6.45) is 7.38. The first-order valence-corrected chi connectivity index (χ1v) is 5.18. The van der Waals surface area contributed by atoms with E-state index in [1.807, 2.05) is 0 Å². The van der Waals surface area contributed by atoms with E-state index >= 15 is 0 Å². The van der Waals surface area contributed by atoms with E-state index in [2.05, 4.69) is 5.32 Å². The van der Waals surface area contributed by atoms with E-state index in [4.69, 9.17) is 0 Å². The predicted molar refractivity (Wildman–Crippen MR) is 47.9 cm³/mol. The molecule has 0 aromatic rings. The smallest absolute Gasteiger partial charge is 0.136 e. The summed E-state index contributed by atoms with van der Waals surface area (Å²) >= 11 is 0. The summed E-state index contributed by atoms with van der Waals surface area (Å²) in [6.45, 7) is 1.20. The molecule has 0 radical (unpaired) electrons. The summed E-state index contributed by atoms with van der Waals surface area (Å²) in [5.74, 6) is 0.686. The molecule has 0 aromatic carbocycles. The Morgan fingerprint density at radius 1 is 1.17 bits per heavy atom. The lowest BCUT2D eigenvalue weighted by molar-refractivity contribution is 0.0530. The minimum atomic E-state index is -0.831. The first-order chi connectivity index (χ1) is 5.79. The molecule has 0 aromatic heterocycles. The van der Waals surface area contributed by atoms with Gasteiger partial charge < -0.3 is 5.32 Å². The largest absolute Gasteiger partial charge is 0.310 e. The highest BCUT2D eigenvalue weighted by Gasteiger charge is 2.38. The topological polar surface area (TPSA) is 12.0 Å². The lowest BCUT2D eigenvalue weighted by atomic mass is 9.79. The molecule has 0 bridgehead atoms. The van der Waals surface area contributed by atoms with Gasteiger partial charge in [-0.2, -0.15) is 0 Å². The first kappa shape index (κ1) is 8.49. The van der Waals surface area contributed by atoms with Crippen LogP contribution in [-0.4, -0.2) is 18.8 Å². The predicted octanol–water partition coefficient (Wildman–Crippen LogP) is 2.27. The van der Waals surface area contributed by atoms with Crippen molar-refractivity contribution in [1.29, 1.82) is 0 Å². The van der Waals surface area contributed by atoms with Crippen molar-refractivity contribution in [1.82, 2.24) is 5.32 Å². The zero-order valence-electron chi connectivity index (χ0n) is 7.61. The van der Waals surface area contributed by atoms with Crippen molar-refractivity contribution in [2.75, 3.05) is 13.1 Å². The minimum Gasteiger partial charge on any atom is -0.310 e. The molecule has 2 aliphatic rings. The quantitative estimate of drug-likeness (QED) is 0.672. The maximum atomic E-state index is 13.6. The number of halogens is 1. The van der Waals surface area contributed by atoms with Crippen molar-refractivity contribution in [3.05, 3.63) is 0 Å². The van der Waals surface area contributed by atoms with Gasteiger partial charge in [-0.3, -0.25) is 0 Å². The SMILES string of the molecule is FC1(CC2CCCCC2)CNC1. The lowest BCUT2D eigenvalue weighted by Crippen LogP contribution is -2.57. The van der Waals surface area contributed by atoms with Crippen LogP contribution in [-0.2, 0) is 0 Å².